The van der Waals surface area contributed by atoms with Gasteiger partial charge in [0.15, 0.2) is 5.60 Å². The molecule has 1 rings (SSSR count). The van der Waals surface area contributed by atoms with Crippen LogP contribution in [0.1, 0.15) is 25.8 Å². The number of aliphatic hydroxyl groups is 1. The van der Waals surface area contributed by atoms with Crippen molar-refractivity contribution in [3.8, 4) is 0 Å². The highest BCUT2D eigenvalue weighted by molar-refractivity contribution is 5.71. The smallest absolute Gasteiger partial charge is 0.422 e. The fourth-order valence-corrected chi connectivity index (χ4v) is 1.59. The summed E-state index contributed by atoms with van der Waals surface area (Å²) in [4.78, 5) is 11.4. The fraction of sp³-hybridized carbons (Fsp3) is 0.462. The first-order valence-corrected chi connectivity index (χ1v) is 5.71. The van der Waals surface area contributed by atoms with Crippen LogP contribution in [-0.2, 0) is 15.1 Å². The molecule has 3 nitrogen and oxygen atoms in total. The molecule has 0 saturated heterocycles. The van der Waals surface area contributed by atoms with Crippen LogP contribution in [0.2, 0.25) is 0 Å². The lowest BCUT2D eigenvalue weighted by molar-refractivity contribution is -0.270. The summed E-state index contributed by atoms with van der Waals surface area (Å²) < 4.78 is 43.8. The molecule has 0 aliphatic rings. The van der Waals surface area contributed by atoms with Crippen LogP contribution in [0.4, 0.5) is 13.2 Å². The third-order valence-corrected chi connectivity index (χ3v) is 2.49. The molecule has 0 bridgehead atoms. The molecule has 1 aromatic carbocycles. The number of carbonyl (C=O) groups excluding carboxylic acids is 1. The Kier molecular flexibility index (Phi) is 4.57. The van der Waals surface area contributed by atoms with Crippen LogP contribution < -0.4 is 0 Å². The highest BCUT2D eigenvalue weighted by Gasteiger charge is 2.56. The number of rotatable bonds is 4. The Balaban J connectivity index is 3.06. The second-order valence-electron chi connectivity index (χ2n) is 4.44. The molecule has 1 N–H and O–H groups in total. The maximum Gasteiger partial charge on any atom is 0.422 e. The lowest BCUT2D eigenvalue weighted by Gasteiger charge is -2.30. The van der Waals surface area contributed by atoms with Gasteiger partial charge in [0.25, 0.3) is 0 Å². The van der Waals surface area contributed by atoms with Gasteiger partial charge in [0, 0.05) is 0 Å². The van der Waals surface area contributed by atoms with E-state index in [0.29, 0.717) is 0 Å². The summed E-state index contributed by atoms with van der Waals surface area (Å²) in [6, 6.07) is 6.48. The van der Waals surface area contributed by atoms with E-state index in [9.17, 15) is 23.1 Å². The normalized spacial score (nSPS) is 15.1. The summed E-state index contributed by atoms with van der Waals surface area (Å²) in [5.74, 6) is -1.10. The minimum Gasteiger partial charge on any atom is -0.463 e. The van der Waals surface area contributed by atoms with Crippen LogP contribution in [0.15, 0.2) is 30.3 Å². The van der Waals surface area contributed by atoms with E-state index in [1.54, 1.807) is 0 Å². The van der Waals surface area contributed by atoms with Crippen molar-refractivity contribution in [3.05, 3.63) is 35.9 Å². The number of halogens is 3. The molecule has 0 aliphatic heterocycles. The van der Waals surface area contributed by atoms with E-state index in [2.05, 4.69) is 4.74 Å². The third kappa shape index (κ3) is 3.70. The topological polar surface area (TPSA) is 46.5 Å². The van der Waals surface area contributed by atoms with Crippen molar-refractivity contribution in [1.29, 1.82) is 0 Å². The first kappa shape index (κ1) is 15.5. The molecule has 1 aromatic rings. The number of alkyl halides is 3. The van der Waals surface area contributed by atoms with Gasteiger partial charge in [-0.1, -0.05) is 30.3 Å². The quantitative estimate of drug-likeness (QED) is 0.860. The zero-order valence-electron chi connectivity index (χ0n) is 10.6. The summed E-state index contributed by atoms with van der Waals surface area (Å²) >= 11 is 0. The molecule has 0 radical (unpaired) electrons. The van der Waals surface area contributed by atoms with E-state index in [4.69, 9.17) is 0 Å². The summed E-state index contributed by atoms with van der Waals surface area (Å²) in [5.41, 5.74) is -3.62. The van der Waals surface area contributed by atoms with Gasteiger partial charge in [-0.3, -0.25) is 4.79 Å². The maximum absolute atomic E-state index is 13.0. The van der Waals surface area contributed by atoms with Crippen molar-refractivity contribution in [2.75, 3.05) is 0 Å². The first-order valence-electron chi connectivity index (χ1n) is 5.71. The molecule has 1 unspecified atom stereocenters. The van der Waals surface area contributed by atoms with Crippen LogP contribution >= 0.6 is 0 Å². The number of hydrogen-bond acceptors (Lipinski definition) is 3. The molecule has 0 fully saturated rings. The van der Waals surface area contributed by atoms with E-state index in [0.717, 1.165) is 12.1 Å². The van der Waals surface area contributed by atoms with Gasteiger partial charge in [-0.05, 0) is 19.4 Å². The molecule has 0 aliphatic carbocycles. The number of carbonyl (C=O) groups is 1. The third-order valence-electron chi connectivity index (χ3n) is 2.49. The number of benzene rings is 1. The number of ether oxygens (including phenoxy) is 1. The van der Waals surface area contributed by atoms with Crippen molar-refractivity contribution in [3.63, 3.8) is 0 Å². The van der Waals surface area contributed by atoms with E-state index in [1.165, 1.54) is 32.0 Å². The van der Waals surface area contributed by atoms with Gasteiger partial charge in [0.2, 0.25) is 0 Å². The first-order chi connectivity index (χ1) is 8.67. The Labute approximate surface area is 109 Å². The molecule has 1 atom stereocenters. The fourth-order valence-electron chi connectivity index (χ4n) is 1.59. The molecule has 0 amide bonds. The van der Waals surface area contributed by atoms with Crippen molar-refractivity contribution in [2.45, 2.75) is 38.1 Å². The van der Waals surface area contributed by atoms with Gasteiger partial charge in [-0.25, -0.2) is 0 Å². The molecular weight excluding hydrogens is 261 g/mol. The monoisotopic (exact) mass is 276 g/mol. The second-order valence-corrected chi connectivity index (χ2v) is 4.44. The van der Waals surface area contributed by atoms with Crippen molar-refractivity contribution in [1.82, 2.24) is 0 Å². The van der Waals surface area contributed by atoms with E-state index < -0.39 is 30.3 Å². The molecule has 0 aromatic heterocycles. The average molecular weight is 276 g/mol. The second kappa shape index (κ2) is 5.61. The van der Waals surface area contributed by atoms with Gasteiger partial charge < -0.3 is 9.84 Å². The Hall–Kier alpha value is -1.56. The largest absolute Gasteiger partial charge is 0.463 e. The molecule has 106 valence electrons. The van der Waals surface area contributed by atoms with Crippen LogP contribution in [-0.4, -0.2) is 23.4 Å². The highest BCUT2D eigenvalue weighted by atomic mass is 19.4. The lowest BCUT2D eigenvalue weighted by Crippen LogP contribution is -2.44. The maximum atomic E-state index is 13.0. The van der Waals surface area contributed by atoms with Crippen molar-refractivity contribution < 1.29 is 27.8 Å². The van der Waals surface area contributed by atoms with Crippen LogP contribution in [0.3, 0.4) is 0 Å². The summed E-state index contributed by atoms with van der Waals surface area (Å²) in [6.07, 6.45) is -6.68. The number of esters is 1. The van der Waals surface area contributed by atoms with Crippen LogP contribution in [0.25, 0.3) is 0 Å². The van der Waals surface area contributed by atoms with Gasteiger partial charge in [0.05, 0.1) is 12.5 Å². The van der Waals surface area contributed by atoms with Gasteiger partial charge in [0.1, 0.15) is 0 Å². The minimum atomic E-state index is -4.97. The minimum absolute atomic E-state index is 0.386. The molecule has 0 heterocycles. The molecule has 19 heavy (non-hydrogen) atoms. The van der Waals surface area contributed by atoms with Crippen LogP contribution in [0.5, 0.6) is 0 Å². The molecule has 0 spiro atoms. The SMILES string of the molecule is CC(C)OC(=O)CC(O)(c1ccccc1)C(F)(F)F. The molecular formula is C13H15F3O3. The summed E-state index contributed by atoms with van der Waals surface area (Å²) in [6.45, 7) is 3.04. The lowest BCUT2D eigenvalue weighted by atomic mass is 9.90. The van der Waals surface area contributed by atoms with Gasteiger partial charge in [-0.15, -0.1) is 0 Å². The van der Waals surface area contributed by atoms with Crippen LogP contribution in [0, 0.1) is 0 Å². The zero-order valence-corrected chi connectivity index (χ0v) is 10.6. The van der Waals surface area contributed by atoms with Crippen molar-refractivity contribution >= 4 is 5.97 Å². The summed E-state index contributed by atoms with van der Waals surface area (Å²) in [7, 11) is 0. The molecule has 6 heteroatoms. The Bertz CT molecular complexity index is 429. The predicted octanol–water partition coefficient (Wildman–Crippen LogP) is 2.78. The van der Waals surface area contributed by atoms with E-state index in [-0.39, 0.29) is 5.56 Å². The Morgan fingerprint density at radius 3 is 2.21 bits per heavy atom. The number of hydrogen-bond donors (Lipinski definition) is 1. The predicted molar refractivity (Wildman–Crippen MR) is 62.2 cm³/mol. The Morgan fingerprint density at radius 1 is 1.26 bits per heavy atom. The zero-order chi connectivity index (χ0) is 14.7. The van der Waals surface area contributed by atoms with E-state index in [1.807, 2.05) is 0 Å². The highest BCUT2D eigenvalue weighted by Crippen LogP contribution is 2.41. The van der Waals surface area contributed by atoms with Crippen molar-refractivity contribution in [2.24, 2.45) is 0 Å². The van der Waals surface area contributed by atoms with Gasteiger partial charge in [-0.2, -0.15) is 13.2 Å². The Morgan fingerprint density at radius 2 is 1.79 bits per heavy atom. The van der Waals surface area contributed by atoms with Gasteiger partial charge >= 0.3 is 12.1 Å². The molecule has 0 saturated carbocycles. The average Bonchev–Trinajstić information content (AvgIpc) is 2.27. The summed E-state index contributed by atoms with van der Waals surface area (Å²) in [5, 5.41) is 9.88. The van der Waals surface area contributed by atoms with E-state index >= 15 is 0 Å². The standard InChI is InChI=1S/C13H15F3O3/c1-9(2)19-11(17)8-12(18,13(14,15)16)10-6-4-3-5-7-10/h3-7,9,18H,8H2,1-2H3.